The molecule has 0 saturated heterocycles. The van der Waals surface area contributed by atoms with E-state index >= 15 is 0 Å². The van der Waals surface area contributed by atoms with Gasteiger partial charge in [-0.15, -0.1) is 0 Å². The Morgan fingerprint density at radius 3 is 2.76 bits per heavy atom. The summed E-state index contributed by atoms with van der Waals surface area (Å²) in [5, 5.41) is 10.2. The van der Waals surface area contributed by atoms with Crippen LogP contribution in [0.15, 0.2) is 36.4 Å². The SMILES string of the molecule is COc1ccc2c(c1)[C@@H](O)CC(c1cccc(F)c1F)O2. The molecular formula is C16H14F2O3. The lowest BCUT2D eigenvalue weighted by atomic mass is 9.94. The molecule has 3 rings (SSSR count). The molecule has 0 saturated carbocycles. The van der Waals surface area contributed by atoms with Crippen LogP contribution >= 0.6 is 0 Å². The first-order chi connectivity index (χ1) is 10.1. The number of rotatable bonds is 2. The molecule has 0 bridgehead atoms. The van der Waals surface area contributed by atoms with Crippen LogP contribution < -0.4 is 9.47 Å². The third-order valence-electron chi connectivity index (χ3n) is 3.61. The Bertz CT molecular complexity index is 673. The van der Waals surface area contributed by atoms with Gasteiger partial charge in [-0.05, 0) is 24.3 Å². The number of fused-ring (bicyclic) bond motifs is 1. The molecule has 1 heterocycles. The van der Waals surface area contributed by atoms with Crippen molar-refractivity contribution >= 4 is 0 Å². The third-order valence-corrected chi connectivity index (χ3v) is 3.61. The van der Waals surface area contributed by atoms with E-state index in [1.54, 1.807) is 18.2 Å². The summed E-state index contributed by atoms with van der Waals surface area (Å²) in [4.78, 5) is 0. The number of methoxy groups -OCH3 is 1. The molecule has 1 aliphatic rings. The van der Waals surface area contributed by atoms with E-state index in [-0.39, 0.29) is 12.0 Å². The molecule has 0 aliphatic carbocycles. The lowest BCUT2D eigenvalue weighted by Crippen LogP contribution is -2.20. The fourth-order valence-electron chi connectivity index (χ4n) is 2.51. The largest absolute Gasteiger partial charge is 0.497 e. The quantitative estimate of drug-likeness (QED) is 0.920. The van der Waals surface area contributed by atoms with Crippen molar-refractivity contribution in [3.63, 3.8) is 0 Å². The molecule has 2 aromatic carbocycles. The van der Waals surface area contributed by atoms with E-state index in [2.05, 4.69) is 0 Å². The number of ether oxygens (including phenoxy) is 2. The summed E-state index contributed by atoms with van der Waals surface area (Å²) in [6, 6.07) is 8.96. The predicted molar refractivity (Wildman–Crippen MR) is 72.3 cm³/mol. The molecule has 0 radical (unpaired) electrons. The Balaban J connectivity index is 1.97. The number of hydrogen-bond acceptors (Lipinski definition) is 3. The summed E-state index contributed by atoms with van der Waals surface area (Å²) in [6.07, 6.45) is -1.39. The molecule has 110 valence electrons. The van der Waals surface area contributed by atoms with E-state index < -0.39 is 23.8 Å². The maximum Gasteiger partial charge on any atom is 0.165 e. The predicted octanol–water partition coefficient (Wildman–Crippen LogP) is 3.53. The van der Waals surface area contributed by atoms with Gasteiger partial charge in [0.1, 0.15) is 17.6 Å². The van der Waals surface area contributed by atoms with Crippen molar-refractivity contribution in [3.05, 3.63) is 59.2 Å². The van der Waals surface area contributed by atoms with Crippen LogP contribution in [0.1, 0.15) is 29.8 Å². The molecule has 1 N–H and O–H groups in total. The average molecular weight is 292 g/mol. The zero-order chi connectivity index (χ0) is 15.0. The second-order valence-corrected chi connectivity index (χ2v) is 4.90. The highest BCUT2D eigenvalue weighted by atomic mass is 19.2. The van der Waals surface area contributed by atoms with Gasteiger partial charge in [0.15, 0.2) is 11.6 Å². The van der Waals surface area contributed by atoms with Crippen LogP contribution in [-0.4, -0.2) is 12.2 Å². The molecule has 0 spiro atoms. The van der Waals surface area contributed by atoms with E-state index in [1.807, 2.05) is 0 Å². The van der Waals surface area contributed by atoms with E-state index in [0.717, 1.165) is 6.07 Å². The number of halogens is 2. The zero-order valence-electron chi connectivity index (χ0n) is 11.3. The minimum Gasteiger partial charge on any atom is -0.497 e. The summed E-state index contributed by atoms with van der Waals surface area (Å²) in [5.74, 6) is -0.812. The summed E-state index contributed by atoms with van der Waals surface area (Å²) in [5.41, 5.74) is 0.693. The molecule has 3 nitrogen and oxygen atoms in total. The molecular weight excluding hydrogens is 278 g/mol. The Hall–Kier alpha value is -2.14. The van der Waals surface area contributed by atoms with Crippen LogP contribution in [0.5, 0.6) is 11.5 Å². The Morgan fingerprint density at radius 2 is 2.00 bits per heavy atom. The summed E-state index contributed by atoms with van der Waals surface area (Å²) < 4.78 is 38.0. The van der Waals surface area contributed by atoms with Gasteiger partial charge in [-0.1, -0.05) is 12.1 Å². The van der Waals surface area contributed by atoms with Crippen LogP contribution in [0.25, 0.3) is 0 Å². The maximum absolute atomic E-state index is 13.9. The smallest absolute Gasteiger partial charge is 0.165 e. The second-order valence-electron chi connectivity index (χ2n) is 4.90. The minimum absolute atomic E-state index is 0.107. The molecule has 1 unspecified atom stereocenters. The minimum atomic E-state index is -0.938. The van der Waals surface area contributed by atoms with Crippen molar-refractivity contribution in [2.75, 3.05) is 7.11 Å². The number of hydrogen-bond donors (Lipinski definition) is 1. The first-order valence-electron chi connectivity index (χ1n) is 6.56. The fraction of sp³-hybridized carbons (Fsp3) is 0.250. The zero-order valence-corrected chi connectivity index (χ0v) is 11.3. The molecule has 0 amide bonds. The Morgan fingerprint density at radius 1 is 1.19 bits per heavy atom. The molecule has 2 aromatic rings. The van der Waals surface area contributed by atoms with E-state index in [0.29, 0.717) is 17.1 Å². The van der Waals surface area contributed by atoms with Gasteiger partial charge in [-0.3, -0.25) is 0 Å². The first-order valence-corrected chi connectivity index (χ1v) is 6.56. The van der Waals surface area contributed by atoms with Crippen molar-refractivity contribution in [2.24, 2.45) is 0 Å². The summed E-state index contributed by atoms with van der Waals surface area (Å²) >= 11 is 0. The topological polar surface area (TPSA) is 38.7 Å². The molecule has 5 heteroatoms. The van der Waals surface area contributed by atoms with Gasteiger partial charge in [0.25, 0.3) is 0 Å². The molecule has 0 fully saturated rings. The Kier molecular flexibility index (Phi) is 3.51. The van der Waals surface area contributed by atoms with Crippen molar-refractivity contribution in [1.29, 1.82) is 0 Å². The van der Waals surface area contributed by atoms with Crippen LogP contribution in [0, 0.1) is 11.6 Å². The van der Waals surface area contributed by atoms with E-state index in [4.69, 9.17) is 9.47 Å². The van der Waals surface area contributed by atoms with Gasteiger partial charge in [-0.2, -0.15) is 0 Å². The standard InChI is InChI=1S/C16H14F2O3/c1-20-9-5-6-14-11(7-9)13(19)8-15(21-14)10-3-2-4-12(17)16(10)18/h2-7,13,15,19H,8H2,1H3/t13-,15?/m0/s1. The van der Waals surface area contributed by atoms with Gasteiger partial charge < -0.3 is 14.6 Å². The normalized spacial score (nSPS) is 20.6. The van der Waals surface area contributed by atoms with Gasteiger partial charge >= 0.3 is 0 Å². The molecule has 2 atom stereocenters. The van der Waals surface area contributed by atoms with Gasteiger partial charge in [0.2, 0.25) is 0 Å². The highest BCUT2D eigenvalue weighted by Gasteiger charge is 2.30. The highest BCUT2D eigenvalue weighted by molar-refractivity contribution is 5.43. The van der Waals surface area contributed by atoms with Crippen molar-refractivity contribution in [2.45, 2.75) is 18.6 Å². The third kappa shape index (κ3) is 2.45. The van der Waals surface area contributed by atoms with Crippen molar-refractivity contribution in [1.82, 2.24) is 0 Å². The summed E-state index contributed by atoms with van der Waals surface area (Å²) in [7, 11) is 1.53. The number of aliphatic hydroxyl groups is 1. The maximum atomic E-state index is 13.9. The van der Waals surface area contributed by atoms with Gasteiger partial charge in [0.05, 0.1) is 13.2 Å². The molecule has 0 aromatic heterocycles. The lowest BCUT2D eigenvalue weighted by Gasteiger charge is -2.30. The van der Waals surface area contributed by atoms with Crippen LogP contribution in [0.3, 0.4) is 0 Å². The van der Waals surface area contributed by atoms with Crippen LogP contribution in [0.2, 0.25) is 0 Å². The lowest BCUT2D eigenvalue weighted by molar-refractivity contribution is 0.0634. The first kappa shape index (κ1) is 13.8. The Labute approximate surface area is 120 Å². The van der Waals surface area contributed by atoms with E-state index in [1.165, 1.54) is 19.2 Å². The second kappa shape index (κ2) is 5.33. The molecule has 21 heavy (non-hydrogen) atoms. The van der Waals surface area contributed by atoms with Crippen LogP contribution in [0.4, 0.5) is 8.78 Å². The average Bonchev–Trinajstić information content (AvgIpc) is 2.49. The summed E-state index contributed by atoms with van der Waals surface area (Å²) in [6.45, 7) is 0. The molecule has 1 aliphatic heterocycles. The number of benzene rings is 2. The van der Waals surface area contributed by atoms with Gasteiger partial charge in [0, 0.05) is 17.5 Å². The monoisotopic (exact) mass is 292 g/mol. The van der Waals surface area contributed by atoms with Crippen molar-refractivity contribution in [3.8, 4) is 11.5 Å². The van der Waals surface area contributed by atoms with Crippen LogP contribution in [-0.2, 0) is 0 Å². The van der Waals surface area contributed by atoms with Gasteiger partial charge in [-0.25, -0.2) is 8.78 Å². The fourth-order valence-corrected chi connectivity index (χ4v) is 2.51. The van der Waals surface area contributed by atoms with Crippen molar-refractivity contribution < 1.29 is 23.4 Å². The highest BCUT2D eigenvalue weighted by Crippen LogP contribution is 2.42. The number of aliphatic hydroxyl groups excluding tert-OH is 1. The van der Waals surface area contributed by atoms with E-state index in [9.17, 15) is 13.9 Å².